The number of carbonyl (C=O) groups excluding carboxylic acids is 2. The molecule has 20 heavy (non-hydrogen) atoms. The fraction of sp³-hybridized carbons (Fsp3) is 0.167. The molecule has 2 amide bonds. The van der Waals surface area contributed by atoms with Crippen LogP contribution in [0.15, 0.2) is 24.3 Å². The van der Waals surface area contributed by atoms with Crippen LogP contribution < -0.4 is 0 Å². The molecule has 0 fully saturated rings. The van der Waals surface area contributed by atoms with Crippen molar-refractivity contribution >= 4 is 23.8 Å². The number of hydrogen-bond acceptors (Lipinski definition) is 5. The second kappa shape index (κ2) is 5.10. The summed E-state index contributed by atoms with van der Waals surface area (Å²) in [4.78, 5) is 45.7. The molecule has 0 unspecified atom stereocenters. The molecule has 2 rings (SSSR count). The van der Waals surface area contributed by atoms with Crippen LogP contribution in [0, 0.1) is 0 Å². The van der Waals surface area contributed by atoms with Crippen LogP contribution in [-0.4, -0.2) is 57.1 Å². The molecule has 0 atom stereocenters. The smallest absolute Gasteiger partial charge is 0.319 e. The summed E-state index contributed by atoms with van der Waals surface area (Å²) in [5.74, 6) is -4.15. The lowest BCUT2D eigenvalue weighted by atomic mass is 10.1. The quantitative estimate of drug-likeness (QED) is 0.708. The molecule has 0 spiro atoms. The van der Waals surface area contributed by atoms with Crippen molar-refractivity contribution in [3.63, 3.8) is 0 Å². The average Bonchev–Trinajstić information content (AvgIpc) is 2.61. The first-order valence-electron chi connectivity index (χ1n) is 5.58. The Labute approximate surface area is 112 Å². The Morgan fingerprint density at radius 2 is 1.35 bits per heavy atom. The van der Waals surface area contributed by atoms with Gasteiger partial charge in [0.1, 0.15) is 13.1 Å². The predicted octanol–water partition coefficient (Wildman–Crippen LogP) is -0.331. The van der Waals surface area contributed by atoms with Crippen LogP contribution in [0.3, 0.4) is 0 Å². The monoisotopic (exact) mass is 278 g/mol. The van der Waals surface area contributed by atoms with Gasteiger partial charge in [0.05, 0.1) is 11.1 Å². The van der Waals surface area contributed by atoms with Crippen LogP contribution >= 0.6 is 0 Å². The van der Waals surface area contributed by atoms with Crippen molar-refractivity contribution in [1.29, 1.82) is 0 Å². The molecule has 104 valence electrons. The normalized spacial score (nSPS) is 13.8. The first-order chi connectivity index (χ1) is 9.41. The minimum Gasteiger partial charge on any atom is -0.480 e. The highest BCUT2D eigenvalue weighted by atomic mass is 16.4. The maximum absolute atomic E-state index is 12.1. The third-order valence-electron chi connectivity index (χ3n) is 2.69. The van der Waals surface area contributed by atoms with Crippen molar-refractivity contribution in [2.45, 2.75) is 0 Å². The van der Waals surface area contributed by atoms with E-state index in [9.17, 15) is 19.2 Å². The van der Waals surface area contributed by atoms with Gasteiger partial charge in [0.25, 0.3) is 11.8 Å². The summed E-state index contributed by atoms with van der Waals surface area (Å²) in [6.07, 6.45) is 0. The number of fused-ring (bicyclic) bond motifs is 1. The van der Waals surface area contributed by atoms with Crippen LogP contribution in [0.5, 0.6) is 0 Å². The molecule has 1 aliphatic heterocycles. The summed E-state index contributed by atoms with van der Waals surface area (Å²) < 4.78 is 0. The van der Waals surface area contributed by atoms with E-state index >= 15 is 0 Å². The van der Waals surface area contributed by atoms with Gasteiger partial charge in [0, 0.05) is 0 Å². The second-order valence-electron chi connectivity index (χ2n) is 4.08. The number of nitrogens with zero attached hydrogens (tertiary/aromatic N) is 2. The van der Waals surface area contributed by atoms with Gasteiger partial charge in [0.15, 0.2) is 0 Å². The zero-order valence-corrected chi connectivity index (χ0v) is 10.1. The Balaban J connectivity index is 2.36. The minimum atomic E-state index is -1.34. The van der Waals surface area contributed by atoms with Crippen molar-refractivity contribution in [1.82, 2.24) is 10.0 Å². The number of benzene rings is 1. The van der Waals surface area contributed by atoms with Crippen LogP contribution in [0.1, 0.15) is 20.7 Å². The molecule has 8 nitrogen and oxygen atoms in total. The largest absolute Gasteiger partial charge is 0.480 e. The average molecular weight is 278 g/mol. The van der Waals surface area contributed by atoms with Gasteiger partial charge < -0.3 is 10.2 Å². The summed E-state index contributed by atoms with van der Waals surface area (Å²) in [6, 6.07) is 5.98. The number of hydrazine groups is 1. The van der Waals surface area contributed by atoms with Gasteiger partial charge in [-0.15, -0.1) is 0 Å². The molecule has 0 saturated carbocycles. The van der Waals surface area contributed by atoms with Crippen LogP contribution in [0.2, 0.25) is 0 Å². The maximum Gasteiger partial charge on any atom is 0.319 e. The fourth-order valence-corrected chi connectivity index (χ4v) is 1.94. The van der Waals surface area contributed by atoms with Crippen LogP contribution in [0.4, 0.5) is 0 Å². The topological polar surface area (TPSA) is 115 Å². The number of carbonyl (C=O) groups is 4. The molecule has 0 aromatic heterocycles. The Kier molecular flexibility index (Phi) is 3.49. The molecule has 0 radical (unpaired) electrons. The predicted molar refractivity (Wildman–Crippen MR) is 63.8 cm³/mol. The van der Waals surface area contributed by atoms with Crippen molar-refractivity contribution in [2.75, 3.05) is 13.1 Å². The highest BCUT2D eigenvalue weighted by molar-refractivity contribution is 6.21. The van der Waals surface area contributed by atoms with Gasteiger partial charge >= 0.3 is 11.9 Å². The lowest BCUT2D eigenvalue weighted by Gasteiger charge is -2.26. The Morgan fingerprint density at radius 3 is 1.70 bits per heavy atom. The summed E-state index contributed by atoms with van der Waals surface area (Å²) >= 11 is 0. The number of carboxylic acids is 2. The molecule has 0 saturated heterocycles. The Morgan fingerprint density at radius 1 is 0.950 bits per heavy atom. The fourth-order valence-electron chi connectivity index (χ4n) is 1.94. The third kappa shape index (κ3) is 2.36. The second-order valence-corrected chi connectivity index (χ2v) is 4.08. The van der Waals surface area contributed by atoms with Crippen molar-refractivity contribution in [2.24, 2.45) is 0 Å². The number of hydrogen-bond donors (Lipinski definition) is 2. The first kappa shape index (κ1) is 13.7. The van der Waals surface area contributed by atoms with E-state index in [1.807, 2.05) is 0 Å². The molecule has 1 aromatic carbocycles. The summed E-state index contributed by atoms with van der Waals surface area (Å²) in [6.45, 7) is -1.53. The number of aliphatic carboxylic acids is 2. The van der Waals surface area contributed by atoms with Gasteiger partial charge in [-0.05, 0) is 12.1 Å². The molecule has 1 aromatic rings. The standard InChI is InChI=1S/C12H10N2O6/c15-9(16)5-13(6-10(17)18)14-11(19)7-3-1-2-4-8(7)12(14)20/h1-4H,5-6H2,(H,15,16)(H,17,18). The molecular formula is C12H10N2O6. The Hall–Kier alpha value is -2.74. The maximum atomic E-state index is 12.1. The number of rotatable bonds is 5. The van der Waals surface area contributed by atoms with Gasteiger partial charge in [-0.25, -0.2) is 5.01 Å². The molecule has 1 heterocycles. The molecule has 1 aliphatic rings. The SMILES string of the molecule is O=C(O)CN(CC(=O)O)N1C(=O)c2ccccc2C1=O. The summed E-state index contributed by atoms with van der Waals surface area (Å²) in [5, 5.41) is 18.8. The molecule has 8 heteroatoms. The lowest BCUT2D eigenvalue weighted by Crippen LogP contribution is -2.50. The van der Waals surface area contributed by atoms with Crippen molar-refractivity contribution < 1.29 is 29.4 Å². The van der Waals surface area contributed by atoms with Gasteiger partial charge in [-0.3, -0.25) is 19.2 Å². The van der Waals surface area contributed by atoms with E-state index in [-0.39, 0.29) is 11.1 Å². The van der Waals surface area contributed by atoms with Crippen molar-refractivity contribution in [3.05, 3.63) is 35.4 Å². The van der Waals surface area contributed by atoms with E-state index in [1.54, 1.807) is 12.1 Å². The molecular weight excluding hydrogens is 268 g/mol. The third-order valence-corrected chi connectivity index (χ3v) is 2.69. The number of amides is 2. The van der Waals surface area contributed by atoms with E-state index in [0.29, 0.717) is 10.0 Å². The van der Waals surface area contributed by atoms with E-state index in [2.05, 4.69) is 0 Å². The van der Waals surface area contributed by atoms with E-state index in [4.69, 9.17) is 10.2 Å². The minimum absolute atomic E-state index is 0.123. The molecule has 0 aliphatic carbocycles. The summed E-state index contributed by atoms with van der Waals surface area (Å²) in [7, 11) is 0. The van der Waals surface area contributed by atoms with Crippen LogP contribution in [-0.2, 0) is 9.59 Å². The lowest BCUT2D eigenvalue weighted by molar-refractivity contribution is -0.146. The zero-order chi connectivity index (χ0) is 14.9. The van der Waals surface area contributed by atoms with Crippen LogP contribution in [0.25, 0.3) is 0 Å². The first-order valence-corrected chi connectivity index (χ1v) is 5.58. The van der Waals surface area contributed by atoms with Gasteiger partial charge in [-0.2, -0.15) is 5.01 Å². The number of imide groups is 1. The van der Waals surface area contributed by atoms with Gasteiger partial charge in [0.2, 0.25) is 0 Å². The highest BCUT2D eigenvalue weighted by Crippen LogP contribution is 2.23. The van der Waals surface area contributed by atoms with Gasteiger partial charge in [-0.1, -0.05) is 12.1 Å². The highest BCUT2D eigenvalue weighted by Gasteiger charge is 2.40. The Bertz CT molecular complexity index is 561. The van der Waals surface area contributed by atoms with E-state index < -0.39 is 36.8 Å². The molecule has 2 N–H and O–H groups in total. The van der Waals surface area contributed by atoms with E-state index in [0.717, 1.165) is 0 Å². The van der Waals surface area contributed by atoms with E-state index in [1.165, 1.54) is 12.1 Å². The van der Waals surface area contributed by atoms with Crippen molar-refractivity contribution in [3.8, 4) is 0 Å². The zero-order valence-electron chi connectivity index (χ0n) is 10.1. The summed E-state index contributed by atoms with van der Waals surface area (Å²) in [5.41, 5.74) is 0.247. The molecule has 0 bridgehead atoms. The number of carboxylic acid groups (broad SMARTS) is 2.